The lowest BCUT2D eigenvalue weighted by Crippen LogP contribution is -2.30. The molecule has 0 bridgehead atoms. The Balaban J connectivity index is 4.08. The Kier molecular flexibility index (Phi) is 45.0. The molecule has 324 valence electrons. The first kappa shape index (κ1) is 53.6. The Morgan fingerprint density at radius 2 is 0.750 bits per heavy atom. The first-order chi connectivity index (χ1) is 27.6. The number of rotatable bonds is 43. The maximum absolute atomic E-state index is 12.5. The molecule has 0 aliphatic heterocycles. The van der Waals surface area contributed by atoms with Gasteiger partial charge in [0.25, 0.3) is 0 Å². The third-order valence-electron chi connectivity index (χ3n) is 10.0. The van der Waals surface area contributed by atoms with Crippen LogP contribution in [-0.4, -0.2) is 37.9 Å². The third-order valence-corrected chi connectivity index (χ3v) is 10.0. The van der Waals surface area contributed by atoms with Crippen LogP contribution >= 0.6 is 0 Å². The number of carbonyl (C=O) groups excluding carboxylic acids is 2. The topological polar surface area (TPSA) is 61.8 Å². The summed E-state index contributed by atoms with van der Waals surface area (Å²) in [5.41, 5.74) is 0. The summed E-state index contributed by atoms with van der Waals surface area (Å²) in [5, 5.41) is 0. The van der Waals surface area contributed by atoms with Crippen LogP contribution in [0.25, 0.3) is 0 Å². The molecule has 1 atom stereocenters. The molecule has 0 rings (SSSR count). The van der Waals surface area contributed by atoms with E-state index in [9.17, 15) is 9.59 Å². The van der Waals surface area contributed by atoms with Crippen LogP contribution in [-0.2, 0) is 23.8 Å². The molecule has 0 amide bonds. The lowest BCUT2D eigenvalue weighted by molar-refractivity contribution is -0.163. The Labute approximate surface area is 347 Å². The molecule has 0 aromatic carbocycles. The fourth-order valence-corrected chi connectivity index (χ4v) is 6.43. The zero-order valence-corrected chi connectivity index (χ0v) is 37.1. The van der Waals surface area contributed by atoms with E-state index in [2.05, 4.69) is 81.5 Å². The monoisotopic (exact) mass is 783 g/mol. The zero-order valence-electron chi connectivity index (χ0n) is 37.1. The predicted molar refractivity (Wildman–Crippen MR) is 242 cm³/mol. The van der Waals surface area contributed by atoms with E-state index in [4.69, 9.17) is 14.2 Å². The van der Waals surface area contributed by atoms with Gasteiger partial charge < -0.3 is 14.2 Å². The Hall–Kier alpha value is -2.40. The molecule has 0 aliphatic rings. The van der Waals surface area contributed by atoms with E-state index >= 15 is 0 Å². The van der Waals surface area contributed by atoms with Gasteiger partial charge in [-0.1, -0.05) is 184 Å². The Morgan fingerprint density at radius 3 is 1.23 bits per heavy atom. The predicted octanol–water partition coefficient (Wildman–Crippen LogP) is 15.8. The van der Waals surface area contributed by atoms with Crippen molar-refractivity contribution in [2.45, 2.75) is 232 Å². The van der Waals surface area contributed by atoms with E-state index in [1.54, 1.807) is 0 Å². The van der Waals surface area contributed by atoms with Crippen molar-refractivity contribution >= 4 is 11.9 Å². The minimum Gasteiger partial charge on any atom is -0.462 e. The average Bonchev–Trinajstić information content (AvgIpc) is 3.20. The van der Waals surface area contributed by atoms with Crippen LogP contribution < -0.4 is 0 Å². The number of hydrogen-bond donors (Lipinski definition) is 0. The van der Waals surface area contributed by atoms with Gasteiger partial charge in [0.15, 0.2) is 6.10 Å². The molecular weight excluding hydrogens is 693 g/mol. The average molecular weight is 783 g/mol. The third kappa shape index (κ3) is 44.3. The van der Waals surface area contributed by atoms with Crippen LogP contribution in [0.5, 0.6) is 0 Å². The summed E-state index contributed by atoms with van der Waals surface area (Å²) in [6.45, 7) is 7.67. The minimum absolute atomic E-state index is 0.0730. The normalized spacial score (nSPS) is 12.7. The van der Waals surface area contributed by atoms with E-state index in [1.807, 2.05) is 0 Å². The lowest BCUT2D eigenvalue weighted by atomic mass is 10.1. The summed E-state index contributed by atoms with van der Waals surface area (Å²) in [4.78, 5) is 25.1. The quantitative estimate of drug-likeness (QED) is 0.0350. The van der Waals surface area contributed by atoms with Gasteiger partial charge in [0, 0.05) is 19.4 Å². The van der Waals surface area contributed by atoms with Gasteiger partial charge in [0.05, 0.1) is 6.61 Å². The molecule has 0 fully saturated rings. The number of hydrogen-bond acceptors (Lipinski definition) is 5. The van der Waals surface area contributed by atoms with Crippen LogP contribution in [0.1, 0.15) is 226 Å². The van der Waals surface area contributed by atoms with Crippen LogP contribution in [0.3, 0.4) is 0 Å². The van der Waals surface area contributed by atoms with Crippen molar-refractivity contribution in [2.75, 3.05) is 19.8 Å². The fraction of sp³-hybridized carbons (Fsp3) is 0.765. The fourth-order valence-electron chi connectivity index (χ4n) is 6.43. The second-order valence-electron chi connectivity index (χ2n) is 15.7. The highest BCUT2D eigenvalue weighted by atomic mass is 16.6. The summed E-state index contributed by atoms with van der Waals surface area (Å²) in [7, 11) is 0. The van der Waals surface area contributed by atoms with Gasteiger partial charge in [-0.2, -0.15) is 0 Å². The number of esters is 2. The highest BCUT2D eigenvalue weighted by molar-refractivity contribution is 5.70. The van der Waals surface area contributed by atoms with Gasteiger partial charge >= 0.3 is 11.9 Å². The lowest BCUT2D eigenvalue weighted by Gasteiger charge is -2.18. The van der Waals surface area contributed by atoms with Gasteiger partial charge in [-0.3, -0.25) is 9.59 Å². The summed E-state index contributed by atoms with van der Waals surface area (Å²) in [6.07, 6.45) is 58.2. The van der Waals surface area contributed by atoms with Crippen LogP contribution in [0.15, 0.2) is 60.8 Å². The molecule has 0 saturated heterocycles. The highest BCUT2D eigenvalue weighted by Crippen LogP contribution is 2.12. The van der Waals surface area contributed by atoms with Crippen molar-refractivity contribution in [3.63, 3.8) is 0 Å². The van der Waals surface area contributed by atoms with E-state index in [0.29, 0.717) is 19.4 Å². The minimum atomic E-state index is -0.543. The van der Waals surface area contributed by atoms with Gasteiger partial charge in [-0.25, -0.2) is 0 Å². The number of ether oxygens (including phenoxy) is 3. The molecule has 0 saturated carbocycles. The van der Waals surface area contributed by atoms with Gasteiger partial charge in [0.2, 0.25) is 0 Å². The van der Waals surface area contributed by atoms with Crippen molar-refractivity contribution in [3.8, 4) is 0 Å². The van der Waals surface area contributed by atoms with E-state index in [-0.39, 0.29) is 25.2 Å². The van der Waals surface area contributed by atoms with Gasteiger partial charge in [-0.15, -0.1) is 0 Å². The molecule has 0 aromatic heterocycles. The van der Waals surface area contributed by atoms with Crippen molar-refractivity contribution < 1.29 is 23.8 Å². The van der Waals surface area contributed by atoms with Crippen LogP contribution in [0.4, 0.5) is 0 Å². The Bertz CT molecular complexity index is 977. The number of allylic oxidation sites excluding steroid dienone is 10. The maximum atomic E-state index is 12.5. The summed E-state index contributed by atoms with van der Waals surface area (Å²) in [5.74, 6) is -0.429. The van der Waals surface area contributed by atoms with Crippen LogP contribution in [0, 0.1) is 0 Å². The van der Waals surface area contributed by atoms with E-state index in [0.717, 1.165) is 77.0 Å². The van der Waals surface area contributed by atoms with Crippen LogP contribution in [0.2, 0.25) is 0 Å². The largest absolute Gasteiger partial charge is 0.462 e. The molecule has 1 unspecified atom stereocenters. The Morgan fingerprint density at radius 1 is 0.393 bits per heavy atom. The molecule has 0 N–H and O–H groups in total. The first-order valence-electron chi connectivity index (χ1n) is 23.8. The van der Waals surface area contributed by atoms with E-state index < -0.39 is 6.10 Å². The van der Waals surface area contributed by atoms with Crippen molar-refractivity contribution in [1.29, 1.82) is 0 Å². The smallest absolute Gasteiger partial charge is 0.306 e. The molecule has 0 heterocycles. The molecule has 56 heavy (non-hydrogen) atoms. The first-order valence-corrected chi connectivity index (χ1v) is 23.8. The van der Waals surface area contributed by atoms with Crippen molar-refractivity contribution in [3.05, 3.63) is 60.8 Å². The van der Waals surface area contributed by atoms with Crippen molar-refractivity contribution in [2.24, 2.45) is 0 Å². The molecule has 0 radical (unpaired) electrons. The standard InChI is InChI=1S/C51H90O5/c1-4-7-10-13-15-17-19-21-23-25-26-27-28-30-32-34-36-39-41-44-50(52)55-48-49(56-51(53)45-42-38-12-9-6-3)47-54-46-43-40-37-35-33-31-29-24-22-20-18-16-14-11-8-5-2/h15-18,21-24,26-27,49H,4-14,19-20,25,28-48H2,1-3H3/b17-15-,18-16-,23-21-,24-22-,27-26-. The number of unbranched alkanes of at least 4 members (excludes halogenated alkanes) is 22. The molecule has 0 spiro atoms. The molecular formula is C51H90O5. The summed E-state index contributed by atoms with van der Waals surface area (Å²) >= 11 is 0. The zero-order chi connectivity index (χ0) is 40.7. The highest BCUT2D eigenvalue weighted by Gasteiger charge is 2.17. The number of carbonyl (C=O) groups is 2. The maximum Gasteiger partial charge on any atom is 0.306 e. The molecule has 5 nitrogen and oxygen atoms in total. The van der Waals surface area contributed by atoms with Gasteiger partial charge in [0.1, 0.15) is 6.61 Å². The molecule has 0 aliphatic carbocycles. The molecule has 0 aromatic rings. The van der Waals surface area contributed by atoms with Gasteiger partial charge in [-0.05, 0) is 89.9 Å². The SMILES string of the molecule is CCCCC/C=C\C/C=C\C/C=C\CCCCCCCCC(=O)OCC(COCCCCCCCC/C=C\C/C=C\CCCCC)OC(=O)CCCCCCC. The summed E-state index contributed by atoms with van der Waals surface area (Å²) in [6, 6.07) is 0. The van der Waals surface area contributed by atoms with Crippen molar-refractivity contribution in [1.82, 2.24) is 0 Å². The second-order valence-corrected chi connectivity index (χ2v) is 15.7. The second kappa shape index (κ2) is 47.0. The summed E-state index contributed by atoms with van der Waals surface area (Å²) < 4.78 is 17.2. The van der Waals surface area contributed by atoms with E-state index in [1.165, 1.54) is 116 Å². The molecule has 5 heteroatoms.